The summed E-state index contributed by atoms with van der Waals surface area (Å²) in [6, 6.07) is 35.2. The Morgan fingerprint density at radius 1 is 0.935 bits per heavy atom. The Kier molecular flexibility index (Phi) is 13.7. The molecule has 15 heteroatoms. The number of methoxy groups -OCH3 is 2. The maximum atomic E-state index is 13.2. The Morgan fingerprint density at radius 3 is 2.16 bits per heavy atom. The van der Waals surface area contributed by atoms with E-state index in [2.05, 4.69) is 31.0 Å². The number of nitriles is 1. The van der Waals surface area contributed by atoms with E-state index in [0.717, 1.165) is 0 Å². The monoisotopic (exact) mass is 864 g/mol. The van der Waals surface area contributed by atoms with Gasteiger partial charge in [0.05, 0.1) is 53.7 Å². The van der Waals surface area contributed by atoms with Crippen LogP contribution >= 0.6 is 8.53 Å². The normalized spacial score (nSPS) is 19.2. The number of para-hydroxylation sites is 2. The van der Waals surface area contributed by atoms with Crippen LogP contribution in [0.4, 0.5) is 5.82 Å². The molecule has 1 fully saturated rings. The Morgan fingerprint density at radius 2 is 1.55 bits per heavy atom. The second-order valence-electron chi connectivity index (χ2n) is 14.9. The molecule has 322 valence electrons. The van der Waals surface area contributed by atoms with Crippen molar-refractivity contribution >= 4 is 31.4 Å². The van der Waals surface area contributed by atoms with Gasteiger partial charge in [0.2, 0.25) is 0 Å². The van der Waals surface area contributed by atoms with Gasteiger partial charge in [-0.15, -0.1) is 0 Å². The number of hydrogen-bond donors (Lipinski definition) is 1. The summed E-state index contributed by atoms with van der Waals surface area (Å²) in [5.41, 5.74) is 1.29. The molecule has 0 radical (unpaired) electrons. The molecule has 0 bridgehead atoms. The van der Waals surface area contributed by atoms with E-state index in [0.29, 0.717) is 33.8 Å². The van der Waals surface area contributed by atoms with E-state index in [1.807, 2.05) is 113 Å². The van der Waals surface area contributed by atoms with Crippen molar-refractivity contribution in [3.63, 3.8) is 0 Å². The third kappa shape index (κ3) is 9.34. The Bertz CT molecular complexity index is 2470. The molecule has 7 rings (SSSR count). The summed E-state index contributed by atoms with van der Waals surface area (Å²) in [6.07, 6.45) is -1.85. The van der Waals surface area contributed by atoms with Gasteiger partial charge in [-0.3, -0.25) is 9.36 Å². The first-order valence-corrected chi connectivity index (χ1v) is 21.5. The number of fused-ring (bicyclic) bond motifs is 1. The van der Waals surface area contributed by atoms with Crippen molar-refractivity contribution in [1.29, 1.82) is 5.26 Å². The van der Waals surface area contributed by atoms with Crippen molar-refractivity contribution in [1.82, 2.24) is 24.2 Å². The highest BCUT2D eigenvalue weighted by atomic mass is 31.2. The van der Waals surface area contributed by atoms with Crippen LogP contribution in [0.3, 0.4) is 0 Å². The van der Waals surface area contributed by atoms with E-state index in [9.17, 15) is 12.8 Å². The second-order valence-corrected chi connectivity index (χ2v) is 16.3. The first-order chi connectivity index (χ1) is 31.0. The van der Waals surface area contributed by atoms with Crippen LogP contribution in [0.25, 0.3) is 11.2 Å². The average molecular weight is 865 g/mol. The SMILES string of the molecule is [2H][13CH](OC(c1ccccc1)(c1ccccc1OC)c1ccccc1OC)[13C@H]1O[13C@@H](n2cnc3c(NC(=O)c4ccccc4)ncnc32)[13C@H]([2H])[13C@@H]1OP(OCCC#N)N(C(C)C)C(C)C. The van der Waals surface area contributed by atoms with E-state index in [4.69, 9.17) is 28.0 Å². The number of rotatable bonds is 19. The number of nitrogens with zero attached hydrogens (tertiary/aromatic N) is 6. The summed E-state index contributed by atoms with van der Waals surface area (Å²) in [6.45, 7) is 6.60. The number of hydrogen-bond acceptors (Lipinski definition) is 12. The van der Waals surface area contributed by atoms with Crippen molar-refractivity contribution < 1.29 is 35.5 Å². The molecular weight excluding hydrogens is 810 g/mol. The minimum absolute atomic E-state index is 0.0578. The van der Waals surface area contributed by atoms with Gasteiger partial charge in [-0.1, -0.05) is 84.9 Å². The summed E-state index contributed by atoms with van der Waals surface area (Å²) < 4.78 is 63.1. The van der Waals surface area contributed by atoms with Crippen molar-refractivity contribution in [2.45, 2.75) is 76.6 Å². The standard InChI is InChI=1S/C47H52N7O7P/c1-32(2)54(33(3)4)62(59-27-17-26-48)61-40-28-42(53-31-51-43-44(49-30-50-45(43)53)52-46(55)34-18-9-7-10-19-34)60-41(40)29-58-47(35-20-11-8-12-21-35,36-22-13-15-24-38(36)56-5)37-23-14-16-25-39(37)57-6/h7-16,18-25,30-33,40-42H,17,27-29H2,1-6H3,(H,49,50,52,55)/t40-,41+,42+,62?/m0/s1/i28+1D,29+1D,40+1,41+1,42+1/t28-,29?,40+,41-,42-,62?/m1. The molecule has 1 aliphatic rings. The average Bonchev–Trinajstić information content (AvgIpc) is 3.89. The van der Waals surface area contributed by atoms with Crippen molar-refractivity contribution in [2.24, 2.45) is 0 Å². The molecule has 0 saturated carbocycles. The largest absolute Gasteiger partial charge is 0.496 e. The number of benzene rings is 4. The Labute approximate surface area is 366 Å². The number of aromatic nitrogens is 4. The van der Waals surface area contributed by atoms with Gasteiger partial charge in [0.15, 0.2) is 22.6 Å². The van der Waals surface area contributed by atoms with Crippen molar-refractivity contribution in [3.8, 4) is 17.6 Å². The van der Waals surface area contributed by atoms with Crippen LogP contribution in [-0.4, -0.2) is 81.8 Å². The summed E-state index contributed by atoms with van der Waals surface area (Å²) in [4.78, 5) is 26.7. The first-order valence-electron chi connectivity index (χ1n) is 21.5. The molecule has 2 aromatic heterocycles. The van der Waals surface area contributed by atoms with Gasteiger partial charge < -0.3 is 33.3 Å². The maximum Gasteiger partial charge on any atom is 0.259 e. The topological polar surface area (TPSA) is 155 Å². The highest BCUT2D eigenvalue weighted by molar-refractivity contribution is 7.44. The molecule has 4 aromatic carbocycles. The lowest BCUT2D eigenvalue weighted by molar-refractivity contribution is -0.0919. The Balaban J connectivity index is 1.36. The fourth-order valence-corrected chi connectivity index (χ4v) is 9.28. The van der Waals surface area contributed by atoms with Crippen LogP contribution in [0.1, 0.15) is 76.5 Å². The van der Waals surface area contributed by atoms with Crippen molar-refractivity contribution in [3.05, 3.63) is 144 Å². The molecule has 1 saturated heterocycles. The van der Waals surface area contributed by atoms with Crippen LogP contribution in [0.2, 0.25) is 0 Å². The summed E-state index contributed by atoms with van der Waals surface area (Å²) in [5, 5.41) is 12.3. The van der Waals surface area contributed by atoms with Crippen LogP contribution < -0.4 is 14.8 Å². The number of carbonyl (C=O) groups is 1. The van der Waals surface area contributed by atoms with Crippen LogP contribution in [0, 0.1) is 11.3 Å². The van der Waals surface area contributed by atoms with Crippen LogP contribution in [-0.2, 0) is 24.1 Å². The predicted octanol–water partition coefficient (Wildman–Crippen LogP) is 9.05. The lowest BCUT2D eigenvalue weighted by Gasteiger charge is -2.39. The highest BCUT2D eigenvalue weighted by Crippen LogP contribution is 2.52. The fourth-order valence-electron chi connectivity index (χ4n) is 7.58. The van der Waals surface area contributed by atoms with E-state index < -0.39 is 45.5 Å². The zero-order valence-corrected chi connectivity index (χ0v) is 36.4. The third-order valence-corrected chi connectivity index (χ3v) is 12.4. The lowest BCUT2D eigenvalue weighted by atomic mass is 9.79. The number of ether oxygens (including phenoxy) is 4. The molecular formula is C47H52N7O7P. The molecule has 62 heavy (non-hydrogen) atoms. The van der Waals surface area contributed by atoms with Gasteiger partial charge in [0.1, 0.15) is 30.2 Å². The van der Waals surface area contributed by atoms with Gasteiger partial charge >= 0.3 is 0 Å². The van der Waals surface area contributed by atoms with Crippen LogP contribution in [0.15, 0.2) is 122 Å². The lowest BCUT2D eigenvalue weighted by Crippen LogP contribution is -2.40. The Hall–Kier alpha value is -5.78. The zero-order chi connectivity index (χ0) is 45.4. The van der Waals surface area contributed by atoms with Gasteiger partial charge in [0, 0.05) is 36.5 Å². The van der Waals surface area contributed by atoms with Crippen LogP contribution in [0.5, 0.6) is 11.5 Å². The maximum absolute atomic E-state index is 13.2. The van der Waals surface area contributed by atoms with Crippen molar-refractivity contribution in [2.75, 3.05) is 32.7 Å². The molecule has 0 aliphatic carbocycles. The molecule has 1 N–H and O–H groups in total. The minimum atomic E-state index is -1.93. The summed E-state index contributed by atoms with van der Waals surface area (Å²) in [7, 11) is 1.23. The molecule has 2 unspecified atom stereocenters. The molecule has 0 spiro atoms. The van der Waals surface area contributed by atoms with Gasteiger partial charge in [-0.05, 0) is 57.5 Å². The molecule has 3 heterocycles. The fraction of sp³-hybridized carbons (Fsp3) is 0.340. The first kappa shape index (κ1) is 41.6. The van der Waals surface area contributed by atoms with Gasteiger partial charge in [-0.2, -0.15) is 5.26 Å². The predicted molar refractivity (Wildman–Crippen MR) is 237 cm³/mol. The number of anilines is 1. The molecule has 1 aliphatic heterocycles. The minimum Gasteiger partial charge on any atom is -0.496 e. The zero-order valence-electron chi connectivity index (χ0n) is 37.5. The quantitative estimate of drug-likeness (QED) is 0.0358. The molecule has 1 amide bonds. The van der Waals surface area contributed by atoms with Gasteiger partial charge in [0.25, 0.3) is 14.4 Å². The molecule has 6 atom stereocenters. The van der Waals surface area contributed by atoms with E-state index >= 15 is 0 Å². The second kappa shape index (κ2) is 20.4. The highest BCUT2D eigenvalue weighted by Gasteiger charge is 2.47. The molecule has 14 nitrogen and oxygen atoms in total. The number of imidazole rings is 1. The third-order valence-electron chi connectivity index (χ3n) is 10.3. The van der Waals surface area contributed by atoms with Gasteiger partial charge in [-0.25, -0.2) is 19.6 Å². The number of nitrogens with one attached hydrogen (secondary N) is 1. The number of amides is 1. The van der Waals surface area contributed by atoms with E-state index in [1.165, 1.54) is 12.7 Å². The van der Waals surface area contributed by atoms with E-state index in [-0.39, 0.29) is 48.0 Å². The summed E-state index contributed by atoms with van der Waals surface area (Å²) >= 11 is 0. The number of carbonyl (C=O) groups excluding carboxylic acids is 1. The smallest absolute Gasteiger partial charge is 0.259 e. The van der Waals surface area contributed by atoms with E-state index in [1.54, 1.807) is 43.1 Å². The summed E-state index contributed by atoms with van der Waals surface area (Å²) in [5.74, 6) is 0.785. The molecule has 6 aromatic rings.